The third kappa shape index (κ3) is 3.55. The molecule has 0 aromatic heterocycles. The molecule has 2 aromatic carbocycles. The van der Waals surface area contributed by atoms with Crippen molar-refractivity contribution in [1.82, 2.24) is 4.90 Å². The van der Waals surface area contributed by atoms with Gasteiger partial charge < -0.3 is 10.2 Å². The second-order valence-electron chi connectivity index (χ2n) is 6.42. The fraction of sp³-hybridized carbons (Fsp3) is 0.300. The van der Waals surface area contributed by atoms with Crippen LogP contribution >= 0.6 is 0 Å². The number of rotatable bonds is 3. The molecular formula is C20H21FN2O2. The molecule has 1 fully saturated rings. The zero-order chi connectivity index (χ0) is 18.0. The van der Waals surface area contributed by atoms with Gasteiger partial charge in [0, 0.05) is 12.2 Å². The number of halogens is 1. The standard InChI is InChI=1S/C20H21FN2O2/c1-13-9-10-15(12-14(13)2)22-19(24)18-8-5-11-23(18)20(25)16-6-3-4-7-17(16)21/h3-4,6-7,9-10,12,18H,5,8,11H2,1-2H3,(H,22,24)/t18-/m0/s1. The van der Waals surface area contributed by atoms with E-state index >= 15 is 0 Å². The maximum atomic E-state index is 13.9. The molecule has 5 heteroatoms. The van der Waals surface area contributed by atoms with Gasteiger partial charge >= 0.3 is 0 Å². The second-order valence-corrected chi connectivity index (χ2v) is 6.42. The van der Waals surface area contributed by atoms with Crippen LogP contribution in [0.3, 0.4) is 0 Å². The molecule has 1 aliphatic rings. The van der Waals surface area contributed by atoms with Gasteiger partial charge in [-0.1, -0.05) is 18.2 Å². The van der Waals surface area contributed by atoms with Crippen LogP contribution in [0.15, 0.2) is 42.5 Å². The third-order valence-corrected chi connectivity index (χ3v) is 4.70. The first-order valence-electron chi connectivity index (χ1n) is 8.41. The Bertz CT molecular complexity index is 819. The van der Waals surface area contributed by atoms with Crippen molar-refractivity contribution in [3.8, 4) is 0 Å². The number of anilines is 1. The van der Waals surface area contributed by atoms with Crippen molar-refractivity contribution in [2.24, 2.45) is 0 Å². The number of amides is 2. The number of aryl methyl sites for hydroxylation is 2. The van der Waals surface area contributed by atoms with Crippen LogP contribution in [0.1, 0.15) is 34.3 Å². The van der Waals surface area contributed by atoms with Gasteiger partial charge in [-0.15, -0.1) is 0 Å². The van der Waals surface area contributed by atoms with Gasteiger partial charge in [-0.2, -0.15) is 0 Å². The van der Waals surface area contributed by atoms with Crippen molar-refractivity contribution in [3.05, 3.63) is 65.0 Å². The zero-order valence-corrected chi connectivity index (χ0v) is 14.4. The van der Waals surface area contributed by atoms with Gasteiger partial charge in [0.05, 0.1) is 5.56 Å². The zero-order valence-electron chi connectivity index (χ0n) is 14.4. The van der Waals surface area contributed by atoms with Crippen molar-refractivity contribution in [1.29, 1.82) is 0 Å². The number of nitrogens with zero attached hydrogens (tertiary/aromatic N) is 1. The van der Waals surface area contributed by atoms with Gasteiger partial charge in [0.25, 0.3) is 5.91 Å². The summed E-state index contributed by atoms with van der Waals surface area (Å²) in [7, 11) is 0. The van der Waals surface area contributed by atoms with Crippen molar-refractivity contribution in [3.63, 3.8) is 0 Å². The summed E-state index contributed by atoms with van der Waals surface area (Å²) < 4.78 is 13.9. The molecule has 0 unspecified atom stereocenters. The van der Waals surface area contributed by atoms with Gasteiger partial charge in [-0.25, -0.2) is 4.39 Å². The lowest BCUT2D eigenvalue weighted by atomic mass is 10.1. The van der Waals surface area contributed by atoms with E-state index in [1.807, 2.05) is 32.0 Å². The molecule has 25 heavy (non-hydrogen) atoms. The van der Waals surface area contributed by atoms with E-state index in [4.69, 9.17) is 0 Å². The molecule has 1 heterocycles. The highest BCUT2D eigenvalue weighted by Gasteiger charge is 2.35. The Morgan fingerprint density at radius 3 is 2.60 bits per heavy atom. The molecule has 0 radical (unpaired) electrons. The number of hydrogen-bond acceptors (Lipinski definition) is 2. The summed E-state index contributed by atoms with van der Waals surface area (Å²) in [4.78, 5) is 26.8. The highest BCUT2D eigenvalue weighted by Crippen LogP contribution is 2.23. The first kappa shape index (κ1) is 17.1. The summed E-state index contributed by atoms with van der Waals surface area (Å²) in [6, 6.07) is 11.0. The maximum absolute atomic E-state index is 13.9. The Labute approximate surface area is 146 Å². The smallest absolute Gasteiger partial charge is 0.257 e. The minimum Gasteiger partial charge on any atom is -0.327 e. The first-order valence-corrected chi connectivity index (χ1v) is 8.41. The van der Waals surface area contributed by atoms with E-state index in [2.05, 4.69) is 5.32 Å². The summed E-state index contributed by atoms with van der Waals surface area (Å²) >= 11 is 0. The Morgan fingerprint density at radius 1 is 1.12 bits per heavy atom. The van der Waals surface area contributed by atoms with E-state index in [0.29, 0.717) is 18.7 Å². The van der Waals surface area contributed by atoms with Gasteiger partial charge in [0.15, 0.2) is 0 Å². The topological polar surface area (TPSA) is 49.4 Å². The monoisotopic (exact) mass is 340 g/mol. The summed E-state index contributed by atoms with van der Waals surface area (Å²) in [5.74, 6) is -1.23. The van der Waals surface area contributed by atoms with Gasteiger partial charge in [-0.3, -0.25) is 9.59 Å². The predicted octanol–water partition coefficient (Wildman–Crippen LogP) is 3.69. The van der Waals surface area contributed by atoms with E-state index in [0.717, 1.165) is 17.5 Å². The molecule has 1 atom stereocenters. The molecular weight excluding hydrogens is 319 g/mol. The Kier molecular flexibility index (Phi) is 4.83. The number of benzene rings is 2. The van der Waals surface area contributed by atoms with Crippen LogP contribution in [0.25, 0.3) is 0 Å². The van der Waals surface area contributed by atoms with Gasteiger partial charge in [0.1, 0.15) is 11.9 Å². The first-order chi connectivity index (χ1) is 12.0. The minimum absolute atomic E-state index is 0.00776. The number of nitrogens with one attached hydrogen (secondary N) is 1. The van der Waals surface area contributed by atoms with E-state index in [1.165, 1.54) is 17.0 Å². The number of hydrogen-bond donors (Lipinski definition) is 1. The average Bonchev–Trinajstić information content (AvgIpc) is 3.08. The molecule has 2 amide bonds. The molecule has 0 bridgehead atoms. The van der Waals surface area contributed by atoms with Gasteiger partial charge in [0.2, 0.25) is 5.91 Å². The van der Waals surface area contributed by atoms with Crippen molar-refractivity contribution in [2.45, 2.75) is 32.7 Å². The van der Waals surface area contributed by atoms with E-state index < -0.39 is 17.8 Å². The van der Waals surface area contributed by atoms with Crippen molar-refractivity contribution < 1.29 is 14.0 Å². The van der Waals surface area contributed by atoms with Crippen LogP contribution in [0.4, 0.5) is 10.1 Å². The van der Waals surface area contributed by atoms with Crippen LogP contribution in [0.5, 0.6) is 0 Å². The van der Waals surface area contributed by atoms with Crippen molar-refractivity contribution in [2.75, 3.05) is 11.9 Å². The number of likely N-dealkylation sites (tertiary alicyclic amines) is 1. The molecule has 0 spiro atoms. The van der Waals surface area contributed by atoms with E-state index in [9.17, 15) is 14.0 Å². The van der Waals surface area contributed by atoms with Gasteiger partial charge in [-0.05, 0) is 62.1 Å². The molecule has 4 nitrogen and oxygen atoms in total. The number of carbonyl (C=O) groups excluding carboxylic acids is 2. The lowest BCUT2D eigenvalue weighted by molar-refractivity contribution is -0.119. The lowest BCUT2D eigenvalue weighted by Crippen LogP contribution is -2.43. The molecule has 1 saturated heterocycles. The predicted molar refractivity (Wildman–Crippen MR) is 95.0 cm³/mol. The SMILES string of the molecule is Cc1ccc(NC(=O)[C@@H]2CCCN2C(=O)c2ccccc2F)cc1C. The average molecular weight is 340 g/mol. The summed E-state index contributed by atoms with van der Waals surface area (Å²) in [5.41, 5.74) is 2.95. The normalized spacial score (nSPS) is 16.8. The van der Waals surface area contributed by atoms with Crippen LogP contribution in [-0.2, 0) is 4.79 Å². The number of carbonyl (C=O) groups is 2. The Hall–Kier alpha value is -2.69. The minimum atomic E-state index is -0.575. The molecule has 2 aromatic rings. The summed E-state index contributed by atoms with van der Waals surface area (Å²) in [5, 5.41) is 2.88. The largest absolute Gasteiger partial charge is 0.327 e. The highest BCUT2D eigenvalue weighted by atomic mass is 19.1. The lowest BCUT2D eigenvalue weighted by Gasteiger charge is -2.24. The molecule has 3 rings (SSSR count). The summed E-state index contributed by atoms with van der Waals surface area (Å²) in [6.07, 6.45) is 1.31. The van der Waals surface area contributed by atoms with Crippen LogP contribution in [0.2, 0.25) is 0 Å². The third-order valence-electron chi connectivity index (χ3n) is 4.70. The van der Waals surface area contributed by atoms with E-state index in [-0.39, 0.29) is 11.5 Å². The molecule has 1 N–H and O–H groups in total. The Morgan fingerprint density at radius 2 is 1.88 bits per heavy atom. The maximum Gasteiger partial charge on any atom is 0.257 e. The van der Waals surface area contributed by atoms with Crippen LogP contribution in [0, 0.1) is 19.7 Å². The van der Waals surface area contributed by atoms with Crippen LogP contribution in [-0.4, -0.2) is 29.3 Å². The van der Waals surface area contributed by atoms with E-state index in [1.54, 1.807) is 12.1 Å². The summed E-state index contributed by atoms with van der Waals surface area (Å²) in [6.45, 7) is 4.44. The Balaban J connectivity index is 1.76. The second kappa shape index (κ2) is 7.05. The molecule has 130 valence electrons. The fourth-order valence-corrected chi connectivity index (χ4v) is 3.12. The molecule has 0 aliphatic carbocycles. The fourth-order valence-electron chi connectivity index (χ4n) is 3.12. The van der Waals surface area contributed by atoms with Crippen molar-refractivity contribution >= 4 is 17.5 Å². The van der Waals surface area contributed by atoms with Crippen LogP contribution < -0.4 is 5.32 Å². The quantitative estimate of drug-likeness (QED) is 0.926. The molecule has 0 saturated carbocycles. The molecule has 1 aliphatic heterocycles. The highest BCUT2D eigenvalue weighted by molar-refractivity contribution is 6.01.